The minimum atomic E-state index is -0.391. The number of nitriles is 1. The second-order valence-corrected chi connectivity index (χ2v) is 3.16. The Labute approximate surface area is 92.4 Å². The van der Waals surface area contributed by atoms with Crippen LogP contribution in [0.3, 0.4) is 0 Å². The molecule has 1 aromatic carbocycles. The molecule has 0 spiro atoms. The summed E-state index contributed by atoms with van der Waals surface area (Å²) in [6.07, 6.45) is -0.199. The second kappa shape index (κ2) is 5.23. The molecule has 0 aliphatic carbocycles. The fraction of sp³-hybridized carbons (Fsp3) is 0.200. The number of hydrogen-bond acceptors (Lipinski definition) is 3. The summed E-state index contributed by atoms with van der Waals surface area (Å²) >= 11 is 5.76. The predicted octanol–water partition coefficient (Wildman–Crippen LogP) is 2.20. The molecule has 0 radical (unpaired) electrons. The van der Waals surface area contributed by atoms with E-state index in [9.17, 15) is 4.79 Å². The molecule has 0 atom stereocenters. The van der Waals surface area contributed by atoms with E-state index in [4.69, 9.17) is 21.6 Å². The monoisotopic (exact) mass is 224 g/mol. The molecule has 0 aliphatic heterocycles. The summed E-state index contributed by atoms with van der Waals surface area (Å²) in [5, 5.41) is 11.3. The van der Waals surface area contributed by atoms with Gasteiger partial charge in [0.1, 0.15) is 12.2 Å². The number of rotatable bonds is 3. The van der Waals surface area contributed by atoms with E-state index in [1.54, 1.807) is 24.3 Å². The molecule has 0 fully saturated rings. The van der Waals surface area contributed by atoms with Crippen molar-refractivity contribution >= 4 is 23.2 Å². The van der Waals surface area contributed by atoms with Crippen molar-refractivity contribution in [2.75, 3.05) is 12.4 Å². The number of halogens is 1. The van der Waals surface area contributed by atoms with E-state index in [0.29, 0.717) is 16.5 Å². The van der Waals surface area contributed by atoms with Crippen molar-refractivity contribution in [1.29, 1.82) is 5.26 Å². The van der Waals surface area contributed by atoms with Crippen molar-refractivity contribution in [1.82, 2.24) is 0 Å². The minimum Gasteiger partial charge on any atom is -0.495 e. The van der Waals surface area contributed by atoms with Crippen LogP contribution in [0.25, 0.3) is 0 Å². The van der Waals surface area contributed by atoms with E-state index in [-0.39, 0.29) is 6.42 Å². The average molecular weight is 225 g/mol. The quantitative estimate of drug-likeness (QED) is 0.856. The van der Waals surface area contributed by atoms with Gasteiger partial charge in [-0.15, -0.1) is 0 Å². The van der Waals surface area contributed by atoms with E-state index >= 15 is 0 Å². The summed E-state index contributed by atoms with van der Waals surface area (Å²) in [4.78, 5) is 11.2. The van der Waals surface area contributed by atoms with Crippen molar-refractivity contribution in [2.45, 2.75) is 6.42 Å². The van der Waals surface area contributed by atoms with E-state index in [2.05, 4.69) is 5.32 Å². The smallest absolute Gasteiger partial charge is 0.238 e. The van der Waals surface area contributed by atoms with Crippen LogP contribution < -0.4 is 10.1 Å². The standard InChI is InChI=1S/C10H9ClN2O2/c1-15-9-3-2-7(11)6-8(9)13-10(14)4-5-12/h2-3,6H,4H2,1H3,(H,13,14). The molecule has 15 heavy (non-hydrogen) atoms. The third-order valence-corrected chi connectivity index (χ3v) is 1.91. The summed E-state index contributed by atoms with van der Waals surface area (Å²) in [6.45, 7) is 0. The summed E-state index contributed by atoms with van der Waals surface area (Å²) in [5.74, 6) is 0.115. The number of carbonyl (C=O) groups excluding carboxylic acids is 1. The highest BCUT2D eigenvalue weighted by atomic mass is 35.5. The zero-order valence-corrected chi connectivity index (χ0v) is 8.84. The van der Waals surface area contributed by atoms with Gasteiger partial charge in [0.25, 0.3) is 0 Å². The number of ether oxygens (including phenoxy) is 1. The van der Waals surface area contributed by atoms with Crippen molar-refractivity contribution < 1.29 is 9.53 Å². The third-order valence-electron chi connectivity index (χ3n) is 1.68. The average Bonchev–Trinajstić information content (AvgIpc) is 2.18. The molecule has 1 rings (SSSR count). The number of amides is 1. The molecule has 0 bridgehead atoms. The van der Waals surface area contributed by atoms with Crippen molar-refractivity contribution in [3.63, 3.8) is 0 Å². The number of nitrogens with one attached hydrogen (secondary N) is 1. The molecule has 1 aromatic rings. The van der Waals surface area contributed by atoms with Crippen LogP contribution in [0.2, 0.25) is 5.02 Å². The van der Waals surface area contributed by atoms with Crippen LogP contribution in [-0.4, -0.2) is 13.0 Å². The normalized spacial score (nSPS) is 9.13. The molecule has 0 saturated carbocycles. The van der Waals surface area contributed by atoms with Gasteiger partial charge in [0.05, 0.1) is 18.9 Å². The molecule has 0 unspecified atom stereocenters. The second-order valence-electron chi connectivity index (χ2n) is 2.73. The lowest BCUT2D eigenvalue weighted by Crippen LogP contribution is -2.10. The molecule has 0 aromatic heterocycles. The van der Waals surface area contributed by atoms with E-state index in [1.165, 1.54) is 7.11 Å². The molecule has 78 valence electrons. The van der Waals surface area contributed by atoms with E-state index in [0.717, 1.165) is 0 Å². The maximum Gasteiger partial charge on any atom is 0.238 e. The van der Waals surface area contributed by atoms with Crippen molar-refractivity contribution in [2.24, 2.45) is 0 Å². The molecular weight excluding hydrogens is 216 g/mol. The summed E-state index contributed by atoms with van der Waals surface area (Å²) in [5.41, 5.74) is 0.463. The maximum absolute atomic E-state index is 11.2. The van der Waals surface area contributed by atoms with Crippen molar-refractivity contribution in [3.8, 4) is 11.8 Å². The lowest BCUT2D eigenvalue weighted by molar-refractivity contribution is -0.115. The van der Waals surface area contributed by atoms with Gasteiger partial charge in [-0.25, -0.2) is 0 Å². The SMILES string of the molecule is COc1ccc(Cl)cc1NC(=O)CC#N. The van der Waals surface area contributed by atoms with Gasteiger partial charge in [-0.1, -0.05) is 11.6 Å². The van der Waals surface area contributed by atoms with Crippen LogP contribution in [0.4, 0.5) is 5.69 Å². The largest absolute Gasteiger partial charge is 0.495 e. The number of nitrogens with zero attached hydrogens (tertiary/aromatic N) is 1. The molecule has 0 aliphatic rings. The minimum absolute atomic E-state index is 0.199. The maximum atomic E-state index is 11.2. The van der Waals surface area contributed by atoms with Crippen molar-refractivity contribution in [3.05, 3.63) is 23.2 Å². The van der Waals surface area contributed by atoms with Crippen LogP contribution >= 0.6 is 11.6 Å². The first kappa shape index (κ1) is 11.3. The summed E-state index contributed by atoms with van der Waals surface area (Å²) < 4.78 is 5.02. The first-order valence-electron chi connectivity index (χ1n) is 4.17. The number of hydrogen-bond donors (Lipinski definition) is 1. The first-order chi connectivity index (χ1) is 7.17. The fourth-order valence-electron chi connectivity index (χ4n) is 1.04. The Balaban J connectivity index is 2.88. The molecular formula is C10H9ClN2O2. The lowest BCUT2D eigenvalue weighted by atomic mass is 10.3. The lowest BCUT2D eigenvalue weighted by Gasteiger charge is -2.08. The Kier molecular flexibility index (Phi) is 3.95. The predicted molar refractivity (Wildman–Crippen MR) is 56.9 cm³/mol. The molecule has 0 saturated heterocycles. The summed E-state index contributed by atoms with van der Waals surface area (Å²) in [7, 11) is 1.49. The number of carbonyl (C=O) groups is 1. The molecule has 4 nitrogen and oxygen atoms in total. The van der Waals surface area contributed by atoms with Crippen LogP contribution in [0.5, 0.6) is 5.75 Å². The zero-order chi connectivity index (χ0) is 11.3. The molecule has 0 heterocycles. The van der Waals surface area contributed by atoms with Gasteiger partial charge in [-0.05, 0) is 18.2 Å². The van der Waals surface area contributed by atoms with Crippen LogP contribution in [0, 0.1) is 11.3 Å². The molecule has 1 amide bonds. The highest BCUT2D eigenvalue weighted by Gasteiger charge is 2.07. The van der Waals surface area contributed by atoms with Gasteiger partial charge < -0.3 is 10.1 Å². The number of anilines is 1. The zero-order valence-electron chi connectivity index (χ0n) is 8.08. The molecule has 5 heteroatoms. The first-order valence-corrected chi connectivity index (χ1v) is 4.55. The van der Waals surface area contributed by atoms with Gasteiger partial charge in [0, 0.05) is 5.02 Å². The van der Waals surface area contributed by atoms with Gasteiger partial charge in [0.15, 0.2) is 0 Å². The van der Waals surface area contributed by atoms with E-state index in [1.807, 2.05) is 0 Å². The van der Waals surface area contributed by atoms with Crippen LogP contribution in [0.15, 0.2) is 18.2 Å². The Hall–Kier alpha value is -1.73. The Morgan fingerprint density at radius 3 is 3.00 bits per heavy atom. The number of methoxy groups -OCH3 is 1. The van der Waals surface area contributed by atoms with Gasteiger partial charge in [-0.3, -0.25) is 4.79 Å². The van der Waals surface area contributed by atoms with Gasteiger partial charge in [0.2, 0.25) is 5.91 Å². The topological polar surface area (TPSA) is 62.1 Å². The number of benzene rings is 1. The van der Waals surface area contributed by atoms with Crippen LogP contribution in [-0.2, 0) is 4.79 Å². The Morgan fingerprint density at radius 1 is 1.67 bits per heavy atom. The van der Waals surface area contributed by atoms with Gasteiger partial charge in [-0.2, -0.15) is 5.26 Å². The summed E-state index contributed by atoms with van der Waals surface area (Å²) in [6, 6.07) is 6.62. The van der Waals surface area contributed by atoms with Crippen LogP contribution in [0.1, 0.15) is 6.42 Å². The Bertz CT molecular complexity index is 412. The third kappa shape index (κ3) is 3.15. The Morgan fingerprint density at radius 2 is 2.40 bits per heavy atom. The van der Waals surface area contributed by atoms with E-state index < -0.39 is 5.91 Å². The highest BCUT2D eigenvalue weighted by Crippen LogP contribution is 2.27. The van der Waals surface area contributed by atoms with Gasteiger partial charge >= 0.3 is 0 Å². The molecule has 1 N–H and O–H groups in total. The fourth-order valence-corrected chi connectivity index (χ4v) is 1.22. The highest BCUT2D eigenvalue weighted by molar-refractivity contribution is 6.31.